The smallest absolute Gasteiger partial charge is 0.189 e. The molecule has 2 aromatic rings. The number of benzene rings is 1. The third-order valence-electron chi connectivity index (χ3n) is 3.19. The fourth-order valence-corrected chi connectivity index (χ4v) is 2.98. The summed E-state index contributed by atoms with van der Waals surface area (Å²) in [6, 6.07) is 6.03. The highest BCUT2D eigenvalue weighted by atomic mass is 32.1. The molecule has 0 saturated carbocycles. The zero-order valence-corrected chi connectivity index (χ0v) is 12.0. The molecule has 0 unspecified atom stereocenters. The summed E-state index contributed by atoms with van der Waals surface area (Å²) in [4.78, 5) is 2.15. The summed E-state index contributed by atoms with van der Waals surface area (Å²) >= 11 is 1.29. The molecule has 0 amide bonds. The van der Waals surface area contributed by atoms with Gasteiger partial charge in [0.05, 0.1) is 13.2 Å². The van der Waals surface area contributed by atoms with Crippen molar-refractivity contribution >= 4 is 33.7 Å². The average Bonchev–Trinajstić information content (AvgIpc) is 2.93. The maximum absolute atomic E-state index is 13.0. The van der Waals surface area contributed by atoms with E-state index in [2.05, 4.69) is 20.1 Å². The van der Waals surface area contributed by atoms with Gasteiger partial charge >= 0.3 is 0 Å². The largest absolute Gasteiger partial charge is 0.378 e. The van der Waals surface area contributed by atoms with E-state index >= 15 is 0 Å². The number of rotatable bonds is 4. The average molecular weight is 310 g/mol. The van der Waals surface area contributed by atoms with Crippen LogP contribution in [-0.4, -0.2) is 35.9 Å². The molecule has 3 N–H and O–H groups in total. The number of morpholine rings is 1. The van der Waals surface area contributed by atoms with Gasteiger partial charge in [-0.05, 0) is 35.8 Å². The van der Waals surface area contributed by atoms with Gasteiger partial charge in [-0.3, -0.25) is 5.21 Å². The number of halogens is 1. The number of ether oxygens (including phenoxy) is 1. The number of anilines is 4. The van der Waals surface area contributed by atoms with Gasteiger partial charge in [0.1, 0.15) is 16.5 Å². The fraction of sp³-hybridized carbons (Fsp3) is 0.308. The van der Waals surface area contributed by atoms with Crippen LogP contribution in [0.2, 0.25) is 0 Å². The van der Waals surface area contributed by atoms with Gasteiger partial charge in [0.2, 0.25) is 0 Å². The van der Waals surface area contributed by atoms with Crippen LogP contribution in [0.3, 0.4) is 0 Å². The molecule has 0 radical (unpaired) electrons. The molecule has 1 aliphatic heterocycles. The lowest BCUT2D eigenvalue weighted by molar-refractivity contribution is 0.123. The van der Waals surface area contributed by atoms with Crippen molar-refractivity contribution in [3.05, 3.63) is 30.1 Å². The first-order valence-electron chi connectivity index (χ1n) is 6.53. The first-order valence-corrected chi connectivity index (χ1v) is 7.30. The van der Waals surface area contributed by atoms with Crippen LogP contribution in [0.15, 0.2) is 24.3 Å². The summed E-state index contributed by atoms with van der Waals surface area (Å²) in [5, 5.41) is 13.3. The second-order valence-corrected chi connectivity index (χ2v) is 5.31. The Balaban J connectivity index is 1.88. The predicted octanol–water partition coefficient (Wildman–Crippen LogP) is 2.66. The molecule has 1 fully saturated rings. The Morgan fingerprint density at radius 2 is 1.95 bits per heavy atom. The maximum Gasteiger partial charge on any atom is 0.189 e. The van der Waals surface area contributed by atoms with Crippen LogP contribution in [0, 0.1) is 5.82 Å². The summed E-state index contributed by atoms with van der Waals surface area (Å²) < 4.78 is 22.5. The summed E-state index contributed by atoms with van der Waals surface area (Å²) in [5.74, 6) is 0.0590. The Morgan fingerprint density at radius 3 is 2.62 bits per heavy atom. The van der Waals surface area contributed by atoms with E-state index in [1.165, 1.54) is 23.7 Å². The number of nitrogens with zero attached hydrogens (tertiary/aromatic N) is 2. The van der Waals surface area contributed by atoms with Gasteiger partial charge in [0.15, 0.2) is 5.82 Å². The molecule has 6 nitrogen and oxygen atoms in total. The second kappa shape index (κ2) is 6.25. The minimum absolute atomic E-state index is 0.294. The fourth-order valence-electron chi connectivity index (χ4n) is 2.13. The zero-order chi connectivity index (χ0) is 14.7. The predicted molar refractivity (Wildman–Crippen MR) is 80.2 cm³/mol. The number of nitrogens with one attached hydrogen (secondary N) is 2. The van der Waals surface area contributed by atoms with Gasteiger partial charge in [-0.1, -0.05) is 0 Å². The highest BCUT2D eigenvalue weighted by Gasteiger charge is 2.21. The third kappa shape index (κ3) is 3.07. The van der Waals surface area contributed by atoms with Crippen LogP contribution in [-0.2, 0) is 4.74 Å². The number of aromatic nitrogens is 1. The topological polar surface area (TPSA) is 69.7 Å². The second-order valence-electron chi connectivity index (χ2n) is 4.55. The third-order valence-corrected chi connectivity index (χ3v) is 4.10. The highest BCUT2D eigenvalue weighted by molar-refractivity contribution is 7.11. The van der Waals surface area contributed by atoms with E-state index in [0.717, 1.165) is 23.8 Å². The van der Waals surface area contributed by atoms with Crippen molar-refractivity contribution in [2.45, 2.75) is 0 Å². The molecule has 2 heterocycles. The van der Waals surface area contributed by atoms with Crippen molar-refractivity contribution in [2.75, 3.05) is 42.0 Å². The van der Waals surface area contributed by atoms with Crippen molar-refractivity contribution in [3.8, 4) is 0 Å². The molecular weight excluding hydrogens is 295 g/mol. The van der Waals surface area contributed by atoms with Gasteiger partial charge in [0, 0.05) is 18.8 Å². The quantitative estimate of drug-likeness (QED) is 0.754. The van der Waals surface area contributed by atoms with Crippen molar-refractivity contribution in [1.82, 2.24) is 4.37 Å². The van der Waals surface area contributed by atoms with Crippen molar-refractivity contribution in [1.29, 1.82) is 0 Å². The lowest BCUT2D eigenvalue weighted by atomic mass is 10.3. The van der Waals surface area contributed by atoms with Gasteiger partial charge in [0.25, 0.3) is 0 Å². The molecular formula is C13H15FN4O2S. The van der Waals surface area contributed by atoms with Crippen molar-refractivity contribution in [3.63, 3.8) is 0 Å². The highest BCUT2D eigenvalue weighted by Crippen LogP contribution is 2.39. The van der Waals surface area contributed by atoms with E-state index in [4.69, 9.17) is 4.74 Å². The molecule has 0 atom stereocenters. The zero-order valence-electron chi connectivity index (χ0n) is 11.2. The Bertz CT molecular complexity index is 599. The van der Waals surface area contributed by atoms with Gasteiger partial charge in [-0.25, -0.2) is 9.87 Å². The van der Waals surface area contributed by atoms with Crippen LogP contribution >= 0.6 is 11.5 Å². The number of hydrogen-bond donors (Lipinski definition) is 3. The molecule has 0 aliphatic carbocycles. The standard InChI is InChI=1S/C13H15FN4O2S/c14-9-1-3-10(4-2-9)15-11-12(16-19)17-21-13(11)18-5-7-20-8-6-18/h1-4,15,19H,5-8H2,(H,16,17). The van der Waals surface area contributed by atoms with E-state index < -0.39 is 0 Å². The Labute approximate surface area is 125 Å². The maximum atomic E-state index is 13.0. The molecule has 1 aliphatic rings. The molecule has 0 spiro atoms. The monoisotopic (exact) mass is 310 g/mol. The molecule has 21 heavy (non-hydrogen) atoms. The van der Waals surface area contributed by atoms with E-state index in [1.54, 1.807) is 12.1 Å². The summed E-state index contributed by atoms with van der Waals surface area (Å²) in [5.41, 5.74) is 3.49. The minimum Gasteiger partial charge on any atom is -0.378 e. The summed E-state index contributed by atoms with van der Waals surface area (Å²) in [7, 11) is 0. The first kappa shape index (κ1) is 14.1. The summed E-state index contributed by atoms with van der Waals surface area (Å²) in [6.45, 7) is 2.86. The lowest BCUT2D eigenvalue weighted by Gasteiger charge is -2.28. The van der Waals surface area contributed by atoms with Crippen molar-refractivity contribution < 1.29 is 14.3 Å². The molecule has 3 rings (SSSR count). The lowest BCUT2D eigenvalue weighted by Crippen LogP contribution is -2.36. The molecule has 8 heteroatoms. The van der Waals surface area contributed by atoms with E-state index in [-0.39, 0.29) is 5.82 Å². The molecule has 112 valence electrons. The molecule has 1 saturated heterocycles. The van der Waals surface area contributed by atoms with Gasteiger partial charge in [-0.15, -0.1) is 0 Å². The van der Waals surface area contributed by atoms with Crippen LogP contribution < -0.4 is 15.7 Å². The normalized spacial score (nSPS) is 15.0. The van der Waals surface area contributed by atoms with E-state index in [0.29, 0.717) is 24.7 Å². The molecule has 0 bridgehead atoms. The van der Waals surface area contributed by atoms with E-state index in [1.807, 2.05) is 0 Å². The van der Waals surface area contributed by atoms with Gasteiger partial charge in [-0.2, -0.15) is 4.37 Å². The van der Waals surface area contributed by atoms with Crippen LogP contribution in [0.4, 0.5) is 26.6 Å². The van der Waals surface area contributed by atoms with Gasteiger partial charge < -0.3 is 15.0 Å². The Kier molecular flexibility index (Phi) is 4.18. The first-order chi connectivity index (χ1) is 10.3. The molecule has 1 aromatic carbocycles. The Hall–Kier alpha value is -1.90. The SMILES string of the molecule is ONc1nsc(N2CCOCC2)c1Nc1ccc(F)cc1. The summed E-state index contributed by atoms with van der Waals surface area (Å²) in [6.07, 6.45) is 0. The van der Waals surface area contributed by atoms with E-state index in [9.17, 15) is 9.60 Å². The van der Waals surface area contributed by atoms with Crippen LogP contribution in [0.5, 0.6) is 0 Å². The Morgan fingerprint density at radius 1 is 1.24 bits per heavy atom. The molecule has 1 aromatic heterocycles. The van der Waals surface area contributed by atoms with Crippen LogP contribution in [0.25, 0.3) is 0 Å². The number of hydrogen-bond acceptors (Lipinski definition) is 7. The van der Waals surface area contributed by atoms with Crippen LogP contribution in [0.1, 0.15) is 0 Å². The van der Waals surface area contributed by atoms with Crippen molar-refractivity contribution in [2.24, 2.45) is 0 Å². The minimum atomic E-state index is -0.294.